The van der Waals surface area contributed by atoms with Crippen molar-refractivity contribution >= 4 is 21.4 Å². The molecule has 114 valence electrons. The Bertz CT molecular complexity index is 729. The van der Waals surface area contributed by atoms with Crippen LogP contribution in [0.1, 0.15) is 22.4 Å². The van der Waals surface area contributed by atoms with Crippen molar-refractivity contribution in [3.8, 4) is 0 Å². The maximum Gasteiger partial charge on any atom is 0.243 e. The van der Waals surface area contributed by atoms with Crippen molar-refractivity contribution in [1.82, 2.24) is 9.71 Å². The van der Waals surface area contributed by atoms with Crippen LogP contribution < -0.4 is 4.72 Å². The van der Waals surface area contributed by atoms with E-state index in [0.29, 0.717) is 10.6 Å². The highest BCUT2D eigenvalue weighted by atomic mass is 32.2. The molecule has 0 bridgehead atoms. The molecule has 2 aromatic rings. The average molecular weight is 330 g/mol. The summed E-state index contributed by atoms with van der Waals surface area (Å²) in [5.41, 5.74) is 0.333. The first-order valence-corrected chi connectivity index (χ1v) is 8.58. The minimum Gasteiger partial charge on any atom is -0.392 e. The monoisotopic (exact) mass is 330 g/mol. The molecular weight excluding hydrogens is 315 g/mol. The van der Waals surface area contributed by atoms with Crippen LogP contribution in [0, 0.1) is 5.82 Å². The van der Waals surface area contributed by atoms with Crippen molar-refractivity contribution in [1.29, 1.82) is 0 Å². The van der Waals surface area contributed by atoms with Gasteiger partial charge in [0.1, 0.15) is 15.7 Å². The number of benzene rings is 1. The van der Waals surface area contributed by atoms with E-state index in [0.717, 1.165) is 23.4 Å². The predicted octanol–water partition coefficient (Wildman–Crippen LogP) is 1.82. The number of rotatable bonds is 6. The van der Waals surface area contributed by atoms with Gasteiger partial charge in [-0.2, -0.15) is 0 Å². The van der Waals surface area contributed by atoms with E-state index >= 15 is 0 Å². The van der Waals surface area contributed by atoms with Crippen molar-refractivity contribution in [2.45, 2.75) is 31.4 Å². The molecule has 1 aromatic heterocycles. The van der Waals surface area contributed by atoms with Gasteiger partial charge in [-0.25, -0.2) is 22.5 Å². The lowest BCUT2D eigenvalue weighted by molar-refractivity contribution is 0.281. The fourth-order valence-corrected chi connectivity index (χ4v) is 3.69. The van der Waals surface area contributed by atoms with Gasteiger partial charge < -0.3 is 5.11 Å². The lowest BCUT2D eigenvalue weighted by Gasteiger charge is -2.07. The van der Waals surface area contributed by atoms with Gasteiger partial charge in [0.05, 0.1) is 13.2 Å². The Morgan fingerprint density at radius 2 is 2.19 bits per heavy atom. The maximum absolute atomic E-state index is 13.7. The van der Waals surface area contributed by atoms with E-state index in [1.807, 2.05) is 6.92 Å². The number of nitrogens with one attached hydrogen (secondary N) is 1. The second-order valence-electron chi connectivity index (χ2n) is 4.32. The molecule has 0 radical (unpaired) electrons. The van der Waals surface area contributed by atoms with E-state index in [2.05, 4.69) is 9.71 Å². The topological polar surface area (TPSA) is 79.3 Å². The molecule has 0 amide bonds. The summed E-state index contributed by atoms with van der Waals surface area (Å²) in [7, 11) is -3.99. The molecule has 21 heavy (non-hydrogen) atoms. The van der Waals surface area contributed by atoms with Gasteiger partial charge in [0.2, 0.25) is 10.0 Å². The summed E-state index contributed by atoms with van der Waals surface area (Å²) in [6, 6.07) is 3.48. The highest BCUT2D eigenvalue weighted by Crippen LogP contribution is 2.18. The molecule has 8 heteroatoms. The van der Waals surface area contributed by atoms with Crippen LogP contribution in [0.15, 0.2) is 29.3 Å². The highest BCUT2D eigenvalue weighted by Gasteiger charge is 2.19. The van der Waals surface area contributed by atoms with Crippen molar-refractivity contribution in [3.63, 3.8) is 0 Å². The van der Waals surface area contributed by atoms with Crippen LogP contribution in [0.5, 0.6) is 0 Å². The third-order valence-electron chi connectivity index (χ3n) is 2.83. The van der Waals surface area contributed by atoms with Crippen molar-refractivity contribution in [2.75, 3.05) is 0 Å². The maximum atomic E-state index is 13.7. The third kappa shape index (κ3) is 3.85. The Morgan fingerprint density at radius 3 is 2.81 bits per heavy atom. The quantitative estimate of drug-likeness (QED) is 0.847. The predicted molar refractivity (Wildman–Crippen MR) is 77.8 cm³/mol. The zero-order valence-corrected chi connectivity index (χ0v) is 13.0. The number of hydrogen-bond acceptors (Lipinski definition) is 5. The number of aryl methyl sites for hydroxylation is 1. The summed E-state index contributed by atoms with van der Waals surface area (Å²) in [5.74, 6) is -0.854. The zero-order chi connectivity index (χ0) is 15.5. The van der Waals surface area contributed by atoms with Gasteiger partial charge in [0, 0.05) is 11.1 Å². The summed E-state index contributed by atoms with van der Waals surface area (Å²) >= 11 is 1.41. The van der Waals surface area contributed by atoms with Crippen molar-refractivity contribution in [3.05, 3.63) is 45.7 Å². The average Bonchev–Trinajstić information content (AvgIpc) is 2.94. The SMILES string of the molecule is CCc1cnc(CNS(=O)(=O)c2cc(CO)ccc2F)s1. The van der Waals surface area contributed by atoms with Gasteiger partial charge in [-0.15, -0.1) is 11.3 Å². The molecule has 2 N–H and O–H groups in total. The molecular formula is C13H15FN2O3S2. The van der Waals surface area contributed by atoms with Crippen LogP contribution in [0.3, 0.4) is 0 Å². The molecule has 0 unspecified atom stereocenters. The minimum absolute atomic E-state index is 0.00971. The number of halogens is 1. The number of aliphatic hydroxyl groups excluding tert-OH is 1. The summed E-state index contributed by atoms with van der Waals surface area (Å²) < 4.78 is 40.2. The molecule has 1 heterocycles. The molecule has 0 atom stereocenters. The largest absolute Gasteiger partial charge is 0.392 e. The fourth-order valence-electron chi connectivity index (χ4n) is 1.68. The van der Waals surface area contributed by atoms with Crippen LogP contribution >= 0.6 is 11.3 Å². The zero-order valence-electron chi connectivity index (χ0n) is 11.3. The molecule has 0 aliphatic heterocycles. The molecule has 0 aliphatic rings. The second-order valence-corrected chi connectivity index (χ2v) is 7.26. The Morgan fingerprint density at radius 1 is 1.43 bits per heavy atom. The van der Waals surface area contributed by atoms with Gasteiger partial charge >= 0.3 is 0 Å². The number of thiazole rings is 1. The first-order valence-electron chi connectivity index (χ1n) is 6.28. The van der Waals surface area contributed by atoms with Crippen LogP contribution in [-0.4, -0.2) is 18.5 Å². The number of aromatic nitrogens is 1. The first kappa shape index (κ1) is 16.0. The van der Waals surface area contributed by atoms with Gasteiger partial charge in [0.25, 0.3) is 0 Å². The molecule has 0 saturated carbocycles. The van der Waals surface area contributed by atoms with Gasteiger partial charge in [0.15, 0.2) is 0 Å². The first-order chi connectivity index (χ1) is 9.96. The summed E-state index contributed by atoms with van der Waals surface area (Å²) in [6.45, 7) is 1.64. The van der Waals surface area contributed by atoms with E-state index in [1.54, 1.807) is 6.20 Å². The lowest BCUT2D eigenvalue weighted by atomic mass is 10.2. The van der Waals surface area contributed by atoms with Crippen LogP contribution in [-0.2, 0) is 29.6 Å². The summed E-state index contributed by atoms with van der Waals surface area (Å²) in [4.78, 5) is 4.68. The Balaban J connectivity index is 2.18. The van der Waals surface area contributed by atoms with Gasteiger partial charge in [-0.3, -0.25) is 0 Å². The smallest absolute Gasteiger partial charge is 0.243 e. The Hall–Kier alpha value is -1.35. The van der Waals surface area contributed by atoms with Crippen molar-refractivity contribution < 1.29 is 17.9 Å². The van der Waals surface area contributed by atoms with E-state index in [1.165, 1.54) is 17.4 Å². The highest BCUT2D eigenvalue weighted by molar-refractivity contribution is 7.89. The number of aliphatic hydroxyl groups is 1. The Kier molecular flexibility index (Phi) is 5.04. The standard InChI is InChI=1S/C13H15FN2O3S2/c1-2-10-6-15-13(20-10)7-16-21(18,19)12-5-9(8-17)3-4-11(12)14/h3-6,16-17H,2,7-8H2,1H3. The molecule has 0 saturated heterocycles. The summed E-state index contributed by atoms with van der Waals surface area (Å²) in [5, 5.41) is 9.63. The van der Waals surface area contributed by atoms with Crippen LogP contribution in [0.2, 0.25) is 0 Å². The minimum atomic E-state index is -3.99. The van der Waals surface area contributed by atoms with E-state index in [9.17, 15) is 12.8 Å². The molecule has 1 aromatic carbocycles. The van der Waals surface area contributed by atoms with E-state index in [-0.39, 0.29) is 13.2 Å². The van der Waals surface area contributed by atoms with Gasteiger partial charge in [-0.05, 0) is 24.1 Å². The third-order valence-corrected chi connectivity index (χ3v) is 5.39. The lowest BCUT2D eigenvalue weighted by Crippen LogP contribution is -2.24. The number of sulfonamides is 1. The molecule has 5 nitrogen and oxygen atoms in total. The molecule has 0 aliphatic carbocycles. The molecule has 0 spiro atoms. The number of hydrogen-bond donors (Lipinski definition) is 2. The summed E-state index contributed by atoms with van der Waals surface area (Å²) in [6.07, 6.45) is 2.53. The van der Waals surface area contributed by atoms with Gasteiger partial charge in [-0.1, -0.05) is 13.0 Å². The Labute approximate surface area is 126 Å². The molecule has 0 fully saturated rings. The number of nitrogens with zero attached hydrogens (tertiary/aromatic N) is 1. The second kappa shape index (κ2) is 6.61. The van der Waals surface area contributed by atoms with E-state index in [4.69, 9.17) is 5.11 Å². The van der Waals surface area contributed by atoms with E-state index < -0.39 is 20.7 Å². The molecule has 2 rings (SSSR count). The normalized spacial score (nSPS) is 11.8. The van der Waals surface area contributed by atoms with Crippen molar-refractivity contribution in [2.24, 2.45) is 0 Å². The van der Waals surface area contributed by atoms with Crippen LogP contribution in [0.25, 0.3) is 0 Å². The fraction of sp³-hybridized carbons (Fsp3) is 0.308. The van der Waals surface area contributed by atoms with Crippen LogP contribution in [0.4, 0.5) is 4.39 Å².